The quantitative estimate of drug-likeness (QED) is 0.500. The molecule has 0 atom stereocenters. The van der Waals surface area contributed by atoms with Crippen LogP contribution in [-0.4, -0.2) is 30.7 Å². The van der Waals surface area contributed by atoms with Crippen LogP contribution in [-0.2, 0) is 10.0 Å². The molecule has 0 fully saturated rings. The molecule has 0 saturated heterocycles. The van der Waals surface area contributed by atoms with Gasteiger partial charge in [-0.1, -0.05) is 24.3 Å². The van der Waals surface area contributed by atoms with Gasteiger partial charge in [0.25, 0.3) is 15.9 Å². The number of sulfonamides is 1. The third-order valence-corrected chi connectivity index (χ3v) is 5.59. The number of benzene rings is 2. The number of aromatic amines is 1. The lowest BCUT2D eigenvalue weighted by molar-refractivity contribution is 0.417. The minimum atomic E-state index is -3.85. The fourth-order valence-electron chi connectivity index (χ4n) is 2.79. The molecule has 0 saturated carbocycles. The molecule has 0 bridgehead atoms. The topological polar surface area (TPSA) is 110 Å². The molecule has 2 aromatic heterocycles. The maximum atomic E-state index is 12.8. The Morgan fingerprint density at radius 3 is 2.55 bits per heavy atom. The lowest BCUT2D eigenvalue weighted by Gasteiger charge is -2.11. The fourth-order valence-corrected chi connectivity index (χ4v) is 3.84. The molecule has 0 aliphatic rings. The van der Waals surface area contributed by atoms with Crippen LogP contribution in [0.1, 0.15) is 5.56 Å². The second kappa shape index (κ2) is 7.44. The van der Waals surface area contributed by atoms with Gasteiger partial charge in [-0.15, -0.1) is 10.2 Å². The van der Waals surface area contributed by atoms with Gasteiger partial charge in [0.1, 0.15) is 16.3 Å². The molecule has 9 heteroatoms. The first-order chi connectivity index (χ1) is 14.0. The van der Waals surface area contributed by atoms with Gasteiger partial charge < -0.3 is 14.1 Å². The van der Waals surface area contributed by atoms with E-state index < -0.39 is 10.0 Å². The van der Waals surface area contributed by atoms with E-state index >= 15 is 0 Å². The molecular weight excluding hydrogens is 392 g/mol. The molecular formula is C20H18N4O4S. The number of H-pyrrole nitrogens is 1. The van der Waals surface area contributed by atoms with Crippen molar-refractivity contribution >= 4 is 15.7 Å². The van der Waals surface area contributed by atoms with Crippen molar-refractivity contribution in [1.29, 1.82) is 0 Å². The second-order valence-electron chi connectivity index (χ2n) is 6.34. The number of aryl methyl sites for hydroxylation is 1. The minimum Gasteiger partial charge on any atom is -0.495 e. The predicted molar refractivity (Wildman–Crippen MR) is 108 cm³/mol. The van der Waals surface area contributed by atoms with Gasteiger partial charge in [0.15, 0.2) is 0 Å². The van der Waals surface area contributed by atoms with Gasteiger partial charge in [-0.05, 0) is 42.8 Å². The Bertz CT molecular complexity index is 1250. The van der Waals surface area contributed by atoms with Gasteiger partial charge in [0.05, 0.1) is 12.8 Å². The molecule has 0 amide bonds. The van der Waals surface area contributed by atoms with Crippen LogP contribution in [0.25, 0.3) is 23.0 Å². The summed E-state index contributed by atoms with van der Waals surface area (Å²) in [6, 6.07) is 16.0. The molecule has 2 aromatic carbocycles. The monoisotopic (exact) mass is 410 g/mol. The Balaban J connectivity index is 1.61. The van der Waals surface area contributed by atoms with Crippen LogP contribution < -0.4 is 9.46 Å². The highest BCUT2D eigenvalue weighted by Gasteiger charge is 2.21. The number of ether oxygens (including phenoxy) is 1. The first-order valence-electron chi connectivity index (χ1n) is 8.71. The van der Waals surface area contributed by atoms with Crippen LogP contribution in [0.2, 0.25) is 0 Å². The lowest BCUT2D eigenvalue weighted by Crippen LogP contribution is -2.13. The highest BCUT2D eigenvalue weighted by molar-refractivity contribution is 7.92. The van der Waals surface area contributed by atoms with E-state index in [1.54, 1.807) is 12.1 Å². The maximum absolute atomic E-state index is 12.8. The molecule has 4 aromatic rings. The number of nitrogens with one attached hydrogen (secondary N) is 2. The average Bonchev–Trinajstić information content (AvgIpc) is 3.39. The van der Waals surface area contributed by atoms with E-state index in [4.69, 9.17) is 9.15 Å². The number of anilines is 1. The molecule has 0 unspecified atom stereocenters. The summed E-state index contributed by atoms with van der Waals surface area (Å²) in [5.74, 6) is 0.972. The molecule has 4 rings (SSSR count). The number of methoxy groups -OCH3 is 1. The zero-order chi connectivity index (χ0) is 20.4. The molecule has 2 N–H and O–H groups in total. The average molecular weight is 410 g/mol. The normalized spacial score (nSPS) is 11.4. The Labute approximate surface area is 167 Å². The first-order valence-corrected chi connectivity index (χ1v) is 10.2. The van der Waals surface area contributed by atoms with E-state index in [9.17, 15) is 8.42 Å². The summed E-state index contributed by atoms with van der Waals surface area (Å²) < 4.78 is 39.0. The largest absolute Gasteiger partial charge is 0.495 e. The second-order valence-corrected chi connectivity index (χ2v) is 8.02. The highest BCUT2D eigenvalue weighted by Crippen LogP contribution is 2.29. The summed E-state index contributed by atoms with van der Waals surface area (Å²) in [4.78, 5) is 2.91. The van der Waals surface area contributed by atoms with Gasteiger partial charge in [0, 0.05) is 11.8 Å². The lowest BCUT2D eigenvalue weighted by atomic mass is 10.2. The Kier molecular flexibility index (Phi) is 4.81. The molecule has 0 radical (unpaired) electrons. The molecule has 2 heterocycles. The van der Waals surface area contributed by atoms with E-state index in [0.29, 0.717) is 23.0 Å². The summed E-state index contributed by atoms with van der Waals surface area (Å²) in [5, 5.41) is 8.01. The Morgan fingerprint density at radius 2 is 1.79 bits per heavy atom. The first kappa shape index (κ1) is 18.8. The molecule has 29 heavy (non-hydrogen) atoms. The summed E-state index contributed by atoms with van der Waals surface area (Å²) in [6.07, 6.45) is 1.37. The van der Waals surface area contributed by atoms with Crippen molar-refractivity contribution in [3.8, 4) is 28.8 Å². The zero-order valence-electron chi connectivity index (χ0n) is 15.7. The molecule has 8 nitrogen and oxygen atoms in total. The predicted octanol–water partition coefficient (Wildman–Crippen LogP) is 3.85. The van der Waals surface area contributed by atoms with Crippen molar-refractivity contribution in [1.82, 2.24) is 15.2 Å². The molecule has 0 aliphatic carbocycles. The van der Waals surface area contributed by atoms with E-state index in [2.05, 4.69) is 19.9 Å². The minimum absolute atomic E-state index is 0.0375. The van der Waals surface area contributed by atoms with Crippen LogP contribution in [0, 0.1) is 6.92 Å². The number of hydrogen-bond donors (Lipinski definition) is 2. The van der Waals surface area contributed by atoms with Crippen LogP contribution in [0.5, 0.6) is 5.75 Å². The van der Waals surface area contributed by atoms with Crippen molar-refractivity contribution in [3.63, 3.8) is 0 Å². The summed E-state index contributed by atoms with van der Waals surface area (Å²) in [6.45, 7) is 1.87. The third-order valence-electron chi connectivity index (χ3n) is 4.24. The van der Waals surface area contributed by atoms with Gasteiger partial charge in [-0.2, -0.15) is 0 Å². The smallest absolute Gasteiger partial charge is 0.264 e. The Morgan fingerprint density at radius 1 is 1.03 bits per heavy atom. The van der Waals surface area contributed by atoms with Crippen LogP contribution in [0.3, 0.4) is 0 Å². The Hall–Kier alpha value is -3.59. The van der Waals surface area contributed by atoms with Crippen molar-refractivity contribution in [2.24, 2.45) is 0 Å². The summed E-state index contributed by atoms with van der Waals surface area (Å²) in [5.41, 5.74) is 2.44. The van der Waals surface area contributed by atoms with Gasteiger partial charge in [0.2, 0.25) is 5.89 Å². The summed E-state index contributed by atoms with van der Waals surface area (Å²) >= 11 is 0. The van der Waals surface area contributed by atoms with Crippen LogP contribution in [0.15, 0.2) is 70.1 Å². The van der Waals surface area contributed by atoms with Gasteiger partial charge in [-0.3, -0.25) is 4.72 Å². The fraction of sp³-hybridized carbons (Fsp3) is 0.100. The van der Waals surface area contributed by atoms with E-state index in [-0.39, 0.29) is 10.8 Å². The van der Waals surface area contributed by atoms with Crippen LogP contribution in [0.4, 0.5) is 5.69 Å². The van der Waals surface area contributed by atoms with E-state index in [1.165, 1.54) is 19.4 Å². The van der Waals surface area contributed by atoms with Crippen molar-refractivity contribution < 1.29 is 17.6 Å². The van der Waals surface area contributed by atoms with Gasteiger partial charge in [-0.25, -0.2) is 8.42 Å². The maximum Gasteiger partial charge on any atom is 0.264 e. The molecule has 0 aliphatic heterocycles. The van der Waals surface area contributed by atoms with Gasteiger partial charge >= 0.3 is 0 Å². The number of rotatable bonds is 6. The summed E-state index contributed by atoms with van der Waals surface area (Å²) in [7, 11) is -2.36. The van der Waals surface area contributed by atoms with E-state index in [1.807, 2.05) is 43.3 Å². The number of nitrogens with zero attached hydrogens (tertiary/aromatic N) is 2. The SMILES string of the molecule is COc1ccc(C)cc1NS(=O)(=O)c1c[nH]c(-c2nnc(-c3ccccc3)o2)c1. The van der Waals surface area contributed by atoms with Crippen molar-refractivity contribution in [3.05, 3.63) is 66.4 Å². The molecule has 0 spiro atoms. The third kappa shape index (κ3) is 3.85. The van der Waals surface area contributed by atoms with Crippen molar-refractivity contribution in [2.75, 3.05) is 11.8 Å². The zero-order valence-corrected chi connectivity index (χ0v) is 16.5. The standard InChI is InChI=1S/C20H18N4O4S/c1-13-8-9-18(27-2)16(10-13)24-29(25,26)15-11-17(21-12-15)20-23-22-19(28-20)14-6-4-3-5-7-14/h3-12,21,24H,1-2H3. The molecule has 148 valence electrons. The van der Waals surface area contributed by atoms with Crippen molar-refractivity contribution in [2.45, 2.75) is 11.8 Å². The van der Waals surface area contributed by atoms with E-state index in [0.717, 1.165) is 11.1 Å². The van der Waals surface area contributed by atoms with Crippen LogP contribution >= 0.6 is 0 Å². The highest BCUT2D eigenvalue weighted by atomic mass is 32.2. The number of aromatic nitrogens is 3. The number of hydrogen-bond acceptors (Lipinski definition) is 6.